The van der Waals surface area contributed by atoms with Gasteiger partial charge in [-0.15, -0.1) is 0 Å². The monoisotopic (exact) mass is 257 g/mol. The van der Waals surface area contributed by atoms with E-state index in [1.165, 1.54) is 11.1 Å². The molecule has 0 bridgehead atoms. The fourth-order valence-electron chi connectivity index (χ4n) is 1.35. The lowest BCUT2D eigenvalue weighted by Crippen LogP contribution is -2.15. The Kier molecular flexibility index (Phi) is 5.15. The Balaban J connectivity index is 2.42. The van der Waals surface area contributed by atoms with Gasteiger partial charge in [-0.1, -0.05) is 22.0 Å². The highest BCUT2D eigenvalue weighted by Crippen LogP contribution is 2.14. The SMILES string of the molecule is Cc1cc(Br)cc(CNCCCO)c1. The van der Waals surface area contributed by atoms with Gasteiger partial charge in [0, 0.05) is 17.6 Å². The van der Waals surface area contributed by atoms with Gasteiger partial charge < -0.3 is 10.4 Å². The number of rotatable bonds is 5. The summed E-state index contributed by atoms with van der Waals surface area (Å²) in [6, 6.07) is 6.37. The molecule has 2 nitrogen and oxygen atoms in total. The van der Waals surface area contributed by atoms with Crippen molar-refractivity contribution in [3.63, 3.8) is 0 Å². The quantitative estimate of drug-likeness (QED) is 0.794. The van der Waals surface area contributed by atoms with Crippen molar-refractivity contribution in [3.05, 3.63) is 33.8 Å². The highest BCUT2D eigenvalue weighted by Gasteiger charge is 1.96. The van der Waals surface area contributed by atoms with Gasteiger partial charge in [-0.05, 0) is 43.1 Å². The van der Waals surface area contributed by atoms with Gasteiger partial charge in [0.05, 0.1) is 0 Å². The van der Waals surface area contributed by atoms with Gasteiger partial charge in [0.15, 0.2) is 0 Å². The van der Waals surface area contributed by atoms with E-state index in [-0.39, 0.29) is 6.61 Å². The minimum absolute atomic E-state index is 0.254. The van der Waals surface area contributed by atoms with Gasteiger partial charge in [-0.2, -0.15) is 0 Å². The molecule has 2 N–H and O–H groups in total. The van der Waals surface area contributed by atoms with E-state index in [1.54, 1.807) is 0 Å². The van der Waals surface area contributed by atoms with E-state index in [4.69, 9.17) is 5.11 Å². The maximum Gasteiger partial charge on any atom is 0.0443 e. The standard InChI is InChI=1S/C11H16BrNO/c1-9-5-10(7-11(12)6-9)8-13-3-2-4-14/h5-7,13-14H,2-4,8H2,1H3. The number of aryl methyl sites for hydroxylation is 1. The van der Waals surface area contributed by atoms with Gasteiger partial charge in [0.2, 0.25) is 0 Å². The third kappa shape index (κ3) is 4.22. The predicted octanol–water partition coefficient (Wildman–Crippen LogP) is 2.23. The maximum atomic E-state index is 8.60. The summed E-state index contributed by atoms with van der Waals surface area (Å²) in [5, 5.41) is 11.9. The Morgan fingerprint density at radius 1 is 1.36 bits per heavy atom. The smallest absolute Gasteiger partial charge is 0.0443 e. The molecule has 0 fully saturated rings. The van der Waals surface area contributed by atoms with Crippen LogP contribution in [-0.4, -0.2) is 18.3 Å². The average molecular weight is 258 g/mol. The number of benzene rings is 1. The van der Waals surface area contributed by atoms with Crippen molar-refractivity contribution in [3.8, 4) is 0 Å². The molecule has 0 saturated carbocycles. The van der Waals surface area contributed by atoms with Crippen molar-refractivity contribution < 1.29 is 5.11 Å². The second-order valence-electron chi connectivity index (χ2n) is 3.39. The molecule has 0 aliphatic rings. The van der Waals surface area contributed by atoms with Crippen LogP contribution in [0.15, 0.2) is 22.7 Å². The van der Waals surface area contributed by atoms with E-state index in [0.717, 1.165) is 24.0 Å². The molecule has 0 aromatic heterocycles. The van der Waals surface area contributed by atoms with Crippen LogP contribution in [0.3, 0.4) is 0 Å². The van der Waals surface area contributed by atoms with E-state index < -0.39 is 0 Å². The van der Waals surface area contributed by atoms with Crippen LogP contribution >= 0.6 is 15.9 Å². The molecule has 0 radical (unpaired) electrons. The molecule has 0 aliphatic heterocycles. The summed E-state index contributed by atoms with van der Waals surface area (Å²) in [6.07, 6.45) is 0.812. The van der Waals surface area contributed by atoms with Crippen molar-refractivity contribution in [2.24, 2.45) is 0 Å². The molecule has 0 unspecified atom stereocenters. The molecule has 0 spiro atoms. The third-order valence-corrected chi connectivity index (χ3v) is 2.40. The van der Waals surface area contributed by atoms with E-state index >= 15 is 0 Å². The Morgan fingerprint density at radius 2 is 2.14 bits per heavy atom. The predicted molar refractivity (Wildman–Crippen MR) is 62.3 cm³/mol. The molecule has 0 amide bonds. The first kappa shape index (κ1) is 11.7. The fraction of sp³-hybridized carbons (Fsp3) is 0.455. The Bertz CT molecular complexity index is 268. The highest BCUT2D eigenvalue weighted by atomic mass is 79.9. The van der Waals surface area contributed by atoms with Crippen molar-refractivity contribution in [2.75, 3.05) is 13.2 Å². The Hall–Kier alpha value is -0.380. The number of halogens is 1. The van der Waals surface area contributed by atoms with Gasteiger partial charge in [0.25, 0.3) is 0 Å². The molecule has 0 aliphatic carbocycles. The summed E-state index contributed by atoms with van der Waals surface area (Å²) < 4.78 is 1.12. The zero-order chi connectivity index (χ0) is 10.4. The van der Waals surface area contributed by atoms with Crippen LogP contribution in [0, 0.1) is 6.92 Å². The molecule has 0 heterocycles. The van der Waals surface area contributed by atoms with Gasteiger partial charge in [-0.25, -0.2) is 0 Å². The summed E-state index contributed by atoms with van der Waals surface area (Å²) in [6.45, 7) is 4.06. The van der Waals surface area contributed by atoms with Crippen LogP contribution < -0.4 is 5.32 Å². The molecule has 1 rings (SSSR count). The second-order valence-corrected chi connectivity index (χ2v) is 4.31. The first-order valence-corrected chi connectivity index (χ1v) is 5.59. The summed E-state index contributed by atoms with van der Waals surface area (Å²) in [7, 11) is 0. The number of aliphatic hydroxyl groups is 1. The number of hydrogen-bond acceptors (Lipinski definition) is 2. The minimum atomic E-state index is 0.254. The highest BCUT2D eigenvalue weighted by molar-refractivity contribution is 9.10. The molecule has 0 saturated heterocycles. The van der Waals surface area contributed by atoms with Crippen molar-refractivity contribution in [2.45, 2.75) is 19.9 Å². The second kappa shape index (κ2) is 6.17. The molecule has 14 heavy (non-hydrogen) atoms. The fourth-order valence-corrected chi connectivity index (χ4v) is 2.01. The number of hydrogen-bond donors (Lipinski definition) is 2. The van der Waals surface area contributed by atoms with Crippen LogP contribution in [0.4, 0.5) is 0 Å². The van der Waals surface area contributed by atoms with E-state index in [2.05, 4.69) is 46.4 Å². The van der Waals surface area contributed by atoms with Crippen molar-refractivity contribution >= 4 is 15.9 Å². The van der Waals surface area contributed by atoms with Crippen LogP contribution in [0.1, 0.15) is 17.5 Å². The largest absolute Gasteiger partial charge is 0.396 e. The van der Waals surface area contributed by atoms with Crippen molar-refractivity contribution in [1.82, 2.24) is 5.32 Å². The number of aliphatic hydroxyl groups excluding tert-OH is 1. The summed E-state index contributed by atoms with van der Waals surface area (Å²) in [4.78, 5) is 0. The van der Waals surface area contributed by atoms with Crippen LogP contribution in [0.5, 0.6) is 0 Å². The lowest BCUT2D eigenvalue weighted by atomic mass is 10.1. The zero-order valence-corrected chi connectivity index (χ0v) is 9.97. The summed E-state index contributed by atoms with van der Waals surface area (Å²) in [5.41, 5.74) is 2.54. The Labute approximate surface area is 93.5 Å². The Morgan fingerprint density at radius 3 is 2.79 bits per heavy atom. The zero-order valence-electron chi connectivity index (χ0n) is 8.39. The molecule has 3 heteroatoms. The normalized spacial score (nSPS) is 10.5. The van der Waals surface area contributed by atoms with E-state index in [1.807, 2.05) is 0 Å². The lowest BCUT2D eigenvalue weighted by molar-refractivity contribution is 0.286. The van der Waals surface area contributed by atoms with Gasteiger partial charge >= 0.3 is 0 Å². The maximum absolute atomic E-state index is 8.60. The first-order valence-electron chi connectivity index (χ1n) is 4.80. The van der Waals surface area contributed by atoms with E-state index in [9.17, 15) is 0 Å². The van der Waals surface area contributed by atoms with Crippen LogP contribution in [0.2, 0.25) is 0 Å². The molecule has 78 valence electrons. The first-order chi connectivity index (χ1) is 6.72. The number of nitrogens with one attached hydrogen (secondary N) is 1. The van der Waals surface area contributed by atoms with E-state index in [0.29, 0.717) is 0 Å². The molecule has 0 atom stereocenters. The van der Waals surface area contributed by atoms with Gasteiger partial charge in [-0.3, -0.25) is 0 Å². The lowest BCUT2D eigenvalue weighted by Gasteiger charge is -2.05. The topological polar surface area (TPSA) is 32.3 Å². The summed E-state index contributed by atoms with van der Waals surface area (Å²) >= 11 is 3.47. The van der Waals surface area contributed by atoms with Gasteiger partial charge in [0.1, 0.15) is 0 Å². The van der Waals surface area contributed by atoms with Crippen LogP contribution in [-0.2, 0) is 6.54 Å². The molecular formula is C11H16BrNO. The van der Waals surface area contributed by atoms with Crippen molar-refractivity contribution in [1.29, 1.82) is 0 Å². The summed E-state index contributed by atoms with van der Waals surface area (Å²) in [5.74, 6) is 0. The molecular weight excluding hydrogens is 242 g/mol. The van der Waals surface area contributed by atoms with Crippen LogP contribution in [0.25, 0.3) is 0 Å². The molecule has 1 aromatic carbocycles. The minimum Gasteiger partial charge on any atom is -0.396 e. The molecule has 1 aromatic rings. The third-order valence-electron chi connectivity index (χ3n) is 1.94. The average Bonchev–Trinajstić information content (AvgIpc) is 2.11.